The second kappa shape index (κ2) is 5.06. The molecule has 1 saturated carbocycles. The van der Waals surface area contributed by atoms with Gasteiger partial charge in [-0.3, -0.25) is 4.79 Å². The highest BCUT2D eigenvalue weighted by molar-refractivity contribution is 7.80. The van der Waals surface area contributed by atoms with E-state index in [0.29, 0.717) is 10.6 Å². The summed E-state index contributed by atoms with van der Waals surface area (Å²) < 4.78 is 0. The minimum atomic E-state index is -0.0592. The first kappa shape index (κ1) is 13.0. The van der Waals surface area contributed by atoms with Gasteiger partial charge >= 0.3 is 0 Å². The van der Waals surface area contributed by atoms with Gasteiger partial charge in [-0.1, -0.05) is 37.2 Å². The van der Waals surface area contributed by atoms with Crippen LogP contribution in [0.1, 0.15) is 48.5 Å². The molecule has 0 spiro atoms. The number of hydrogen-bond acceptors (Lipinski definition) is 2. The summed E-state index contributed by atoms with van der Waals surface area (Å²) in [5.74, 6) is -0.0440. The van der Waals surface area contributed by atoms with Crippen molar-refractivity contribution in [2.45, 2.75) is 38.1 Å². The van der Waals surface area contributed by atoms with Gasteiger partial charge < -0.3 is 11.1 Å². The van der Waals surface area contributed by atoms with Gasteiger partial charge in [0.15, 0.2) is 0 Å². The summed E-state index contributed by atoms with van der Waals surface area (Å²) in [5.41, 5.74) is 6.86. The first-order chi connectivity index (χ1) is 8.50. The van der Waals surface area contributed by atoms with Gasteiger partial charge in [0.25, 0.3) is 5.91 Å². The highest BCUT2D eigenvalue weighted by atomic mass is 32.1. The maximum Gasteiger partial charge on any atom is 0.251 e. The molecule has 0 aliphatic heterocycles. The largest absolute Gasteiger partial charge is 0.389 e. The summed E-state index contributed by atoms with van der Waals surface area (Å²) >= 11 is 4.92. The molecule has 0 bridgehead atoms. The van der Waals surface area contributed by atoms with E-state index < -0.39 is 0 Å². The van der Waals surface area contributed by atoms with Crippen molar-refractivity contribution in [3.05, 3.63) is 35.4 Å². The van der Waals surface area contributed by atoms with Crippen LogP contribution in [0.2, 0.25) is 0 Å². The third-order valence-corrected chi connectivity index (χ3v) is 3.77. The van der Waals surface area contributed by atoms with Gasteiger partial charge in [0.05, 0.1) is 0 Å². The molecule has 0 saturated heterocycles. The molecule has 0 radical (unpaired) electrons. The zero-order valence-electron chi connectivity index (χ0n) is 10.5. The second-order valence-corrected chi connectivity index (χ2v) is 5.61. The van der Waals surface area contributed by atoms with Gasteiger partial charge in [-0.05, 0) is 31.9 Å². The smallest absolute Gasteiger partial charge is 0.251 e. The molecule has 0 aromatic heterocycles. The standard InChI is InChI=1S/C14H18N2OS/c1-14(7-2-3-8-14)16-13(17)11-6-4-5-10(9-11)12(15)18/h4-6,9H,2-3,7-8H2,1H3,(H2,15,18)(H,16,17). The van der Waals surface area contributed by atoms with E-state index in [9.17, 15) is 4.79 Å². The van der Waals surface area contributed by atoms with Crippen molar-refractivity contribution in [1.29, 1.82) is 0 Å². The molecule has 1 aliphatic carbocycles. The van der Waals surface area contributed by atoms with Crippen LogP contribution in [0, 0.1) is 0 Å². The van der Waals surface area contributed by atoms with Crippen molar-refractivity contribution in [1.82, 2.24) is 5.32 Å². The quantitative estimate of drug-likeness (QED) is 0.822. The average Bonchev–Trinajstić information content (AvgIpc) is 2.76. The minimum Gasteiger partial charge on any atom is -0.389 e. The van der Waals surface area contributed by atoms with E-state index >= 15 is 0 Å². The van der Waals surface area contributed by atoms with Crippen LogP contribution in [0.15, 0.2) is 24.3 Å². The number of thiocarbonyl (C=S) groups is 1. The lowest BCUT2D eigenvalue weighted by Crippen LogP contribution is -2.43. The third kappa shape index (κ3) is 2.88. The molecule has 4 heteroatoms. The Bertz CT molecular complexity index is 478. The zero-order chi connectivity index (χ0) is 13.2. The predicted octanol–water partition coefficient (Wildman–Crippen LogP) is 2.38. The highest BCUT2D eigenvalue weighted by Crippen LogP contribution is 2.29. The molecule has 1 aliphatic rings. The van der Waals surface area contributed by atoms with Crippen LogP contribution >= 0.6 is 12.2 Å². The lowest BCUT2D eigenvalue weighted by molar-refractivity contribution is 0.0908. The van der Waals surface area contributed by atoms with Gasteiger partial charge in [0.2, 0.25) is 0 Å². The maximum absolute atomic E-state index is 12.2. The summed E-state index contributed by atoms with van der Waals surface area (Å²) in [6.07, 6.45) is 4.47. The van der Waals surface area contributed by atoms with Gasteiger partial charge in [-0.15, -0.1) is 0 Å². The van der Waals surface area contributed by atoms with E-state index in [1.165, 1.54) is 12.8 Å². The molecule has 0 heterocycles. The first-order valence-corrected chi connectivity index (χ1v) is 6.63. The number of amides is 1. The molecule has 1 fully saturated rings. The number of nitrogens with two attached hydrogens (primary N) is 1. The van der Waals surface area contributed by atoms with Crippen molar-refractivity contribution in [2.75, 3.05) is 0 Å². The number of benzene rings is 1. The lowest BCUT2D eigenvalue weighted by Gasteiger charge is -2.25. The SMILES string of the molecule is CC1(NC(=O)c2cccc(C(N)=S)c2)CCCC1. The van der Waals surface area contributed by atoms with E-state index in [1.54, 1.807) is 18.2 Å². The average molecular weight is 262 g/mol. The Kier molecular flexibility index (Phi) is 3.66. The van der Waals surface area contributed by atoms with Gasteiger partial charge in [0, 0.05) is 16.7 Å². The van der Waals surface area contributed by atoms with Gasteiger partial charge in [-0.25, -0.2) is 0 Å². The van der Waals surface area contributed by atoms with Crippen molar-refractivity contribution < 1.29 is 4.79 Å². The molecule has 18 heavy (non-hydrogen) atoms. The van der Waals surface area contributed by atoms with Crippen molar-refractivity contribution in [3.63, 3.8) is 0 Å². The molecule has 3 N–H and O–H groups in total. The highest BCUT2D eigenvalue weighted by Gasteiger charge is 2.30. The Morgan fingerprint density at radius 3 is 2.56 bits per heavy atom. The zero-order valence-corrected chi connectivity index (χ0v) is 11.3. The summed E-state index contributed by atoms with van der Waals surface area (Å²) in [7, 11) is 0. The van der Waals surface area contributed by atoms with E-state index in [-0.39, 0.29) is 11.4 Å². The molecule has 0 atom stereocenters. The molecule has 2 rings (SSSR count). The van der Waals surface area contributed by atoms with E-state index in [4.69, 9.17) is 18.0 Å². The Hall–Kier alpha value is -1.42. The number of carbonyl (C=O) groups is 1. The summed E-state index contributed by atoms with van der Waals surface area (Å²) in [4.78, 5) is 12.5. The van der Waals surface area contributed by atoms with Crippen LogP contribution < -0.4 is 11.1 Å². The summed E-state index contributed by atoms with van der Waals surface area (Å²) in [6, 6.07) is 7.15. The van der Waals surface area contributed by atoms with Crippen molar-refractivity contribution in [2.24, 2.45) is 5.73 Å². The minimum absolute atomic E-state index is 0.0440. The van der Waals surface area contributed by atoms with Crippen molar-refractivity contribution in [3.8, 4) is 0 Å². The Labute approximate surface area is 113 Å². The Morgan fingerprint density at radius 2 is 1.94 bits per heavy atom. The predicted molar refractivity (Wildman–Crippen MR) is 76.7 cm³/mol. The Morgan fingerprint density at radius 1 is 1.33 bits per heavy atom. The molecule has 1 amide bonds. The number of hydrogen-bond donors (Lipinski definition) is 2. The molecule has 3 nitrogen and oxygen atoms in total. The Balaban J connectivity index is 2.13. The fourth-order valence-electron chi connectivity index (χ4n) is 2.44. The first-order valence-electron chi connectivity index (χ1n) is 6.23. The number of nitrogens with one attached hydrogen (secondary N) is 1. The van der Waals surface area contributed by atoms with E-state index in [1.807, 2.05) is 6.07 Å². The topological polar surface area (TPSA) is 55.1 Å². The van der Waals surface area contributed by atoms with Gasteiger partial charge in [0.1, 0.15) is 4.99 Å². The van der Waals surface area contributed by atoms with E-state index in [0.717, 1.165) is 18.4 Å². The fourth-order valence-corrected chi connectivity index (χ4v) is 2.57. The monoisotopic (exact) mass is 262 g/mol. The third-order valence-electron chi connectivity index (χ3n) is 3.53. The molecule has 1 aromatic rings. The maximum atomic E-state index is 12.2. The van der Waals surface area contributed by atoms with E-state index in [2.05, 4.69) is 12.2 Å². The molecule has 1 aromatic carbocycles. The number of rotatable bonds is 3. The van der Waals surface area contributed by atoms with Crippen LogP contribution in [-0.2, 0) is 0 Å². The number of carbonyl (C=O) groups excluding carboxylic acids is 1. The van der Waals surface area contributed by atoms with Crippen LogP contribution in [-0.4, -0.2) is 16.4 Å². The van der Waals surface area contributed by atoms with Crippen LogP contribution in [0.5, 0.6) is 0 Å². The van der Waals surface area contributed by atoms with Gasteiger partial charge in [-0.2, -0.15) is 0 Å². The van der Waals surface area contributed by atoms with Crippen LogP contribution in [0.25, 0.3) is 0 Å². The van der Waals surface area contributed by atoms with Crippen LogP contribution in [0.3, 0.4) is 0 Å². The van der Waals surface area contributed by atoms with Crippen molar-refractivity contribution >= 4 is 23.1 Å². The second-order valence-electron chi connectivity index (χ2n) is 5.17. The summed E-state index contributed by atoms with van der Waals surface area (Å²) in [5, 5.41) is 3.11. The van der Waals surface area contributed by atoms with Crippen LogP contribution in [0.4, 0.5) is 0 Å². The fraction of sp³-hybridized carbons (Fsp3) is 0.429. The molecule has 96 valence electrons. The summed E-state index contributed by atoms with van der Waals surface area (Å²) in [6.45, 7) is 2.11. The molecular weight excluding hydrogens is 244 g/mol. The molecular formula is C14H18N2OS. The normalized spacial score (nSPS) is 17.4. The molecule has 0 unspecified atom stereocenters. The lowest BCUT2D eigenvalue weighted by atomic mass is 9.99.